The van der Waals surface area contributed by atoms with E-state index in [9.17, 15) is 13.2 Å². The first-order chi connectivity index (χ1) is 6.61. The highest BCUT2D eigenvalue weighted by Gasteiger charge is 2.20. The van der Waals surface area contributed by atoms with Crippen LogP contribution in [0.2, 0.25) is 0 Å². The molecule has 0 aromatic carbocycles. The van der Waals surface area contributed by atoms with Gasteiger partial charge < -0.3 is 4.74 Å². The van der Waals surface area contributed by atoms with E-state index in [2.05, 4.69) is 9.72 Å². The van der Waals surface area contributed by atoms with Crippen LogP contribution in [0.5, 0.6) is 5.75 Å². The standard InChI is InChI=1S/C8H5F3N2O/c1-14-6-4(2-12)5(7(9)10)3-13-8(6)11/h3,7H,1H3. The highest BCUT2D eigenvalue weighted by molar-refractivity contribution is 5.47. The lowest BCUT2D eigenvalue weighted by molar-refractivity contribution is 0.149. The van der Waals surface area contributed by atoms with Gasteiger partial charge in [0.15, 0.2) is 5.75 Å². The summed E-state index contributed by atoms with van der Waals surface area (Å²) >= 11 is 0. The molecule has 1 rings (SSSR count). The number of rotatable bonds is 2. The molecule has 0 atom stereocenters. The van der Waals surface area contributed by atoms with Crippen LogP contribution >= 0.6 is 0 Å². The van der Waals surface area contributed by atoms with Crippen LogP contribution < -0.4 is 4.74 Å². The molecule has 1 aromatic rings. The van der Waals surface area contributed by atoms with Gasteiger partial charge in [-0.3, -0.25) is 0 Å². The van der Waals surface area contributed by atoms with E-state index in [1.165, 1.54) is 6.07 Å². The molecule has 3 nitrogen and oxygen atoms in total. The van der Waals surface area contributed by atoms with E-state index in [0.29, 0.717) is 6.20 Å². The van der Waals surface area contributed by atoms with Crippen molar-refractivity contribution in [1.82, 2.24) is 4.98 Å². The fraction of sp³-hybridized carbons (Fsp3) is 0.250. The van der Waals surface area contributed by atoms with Gasteiger partial charge in [-0.05, 0) is 0 Å². The summed E-state index contributed by atoms with van der Waals surface area (Å²) < 4.78 is 41.9. The molecule has 1 heterocycles. The smallest absolute Gasteiger partial charge is 0.266 e. The van der Waals surface area contributed by atoms with Gasteiger partial charge in [-0.25, -0.2) is 13.8 Å². The lowest BCUT2D eigenvalue weighted by Crippen LogP contribution is -2.00. The van der Waals surface area contributed by atoms with Crippen LogP contribution in [0.4, 0.5) is 13.2 Å². The number of ether oxygens (including phenoxy) is 1. The Morgan fingerprint density at radius 1 is 1.57 bits per heavy atom. The maximum absolute atomic E-state index is 12.8. The highest BCUT2D eigenvalue weighted by Crippen LogP contribution is 2.29. The lowest BCUT2D eigenvalue weighted by Gasteiger charge is -2.07. The molecule has 0 radical (unpaired) electrons. The zero-order chi connectivity index (χ0) is 10.7. The van der Waals surface area contributed by atoms with E-state index in [1.54, 1.807) is 0 Å². The average molecular weight is 202 g/mol. The number of nitriles is 1. The van der Waals surface area contributed by atoms with Gasteiger partial charge in [-0.1, -0.05) is 0 Å². The molecule has 0 saturated heterocycles. The van der Waals surface area contributed by atoms with Gasteiger partial charge in [-0.15, -0.1) is 0 Å². The van der Waals surface area contributed by atoms with E-state index in [0.717, 1.165) is 7.11 Å². The number of hydrogen-bond donors (Lipinski definition) is 0. The Balaban J connectivity index is 3.43. The van der Waals surface area contributed by atoms with Crippen LogP contribution in [-0.2, 0) is 0 Å². The van der Waals surface area contributed by atoms with Gasteiger partial charge >= 0.3 is 0 Å². The van der Waals surface area contributed by atoms with Gasteiger partial charge in [0.2, 0.25) is 0 Å². The number of aromatic nitrogens is 1. The lowest BCUT2D eigenvalue weighted by atomic mass is 10.1. The molecular formula is C8H5F3N2O. The number of pyridine rings is 1. The average Bonchev–Trinajstić information content (AvgIpc) is 2.16. The minimum absolute atomic E-state index is 0.519. The van der Waals surface area contributed by atoms with Crippen LogP contribution in [0.1, 0.15) is 17.6 Å². The molecule has 0 saturated carbocycles. The topological polar surface area (TPSA) is 45.9 Å². The minimum Gasteiger partial charge on any atom is -0.491 e. The van der Waals surface area contributed by atoms with Crippen molar-refractivity contribution in [3.63, 3.8) is 0 Å². The highest BCUT2D eigenvalue weighted by atomic mass is 19.3. The van der Waals surface area contributed by atoms with Crippen molar-refractivity contribution < 1.29 is 17.9 Å². The zero-order valence-electron chi connectivity index (χ0n) is 7.09. The monoisotopic (exact) mass is 202 g/mol. The van der Waals surface area contributed by atoms with Crippen molar-refractivity contribution in [3.05, 3.63) is 23.3 Å². The molecule has 6 heteroatoms. The SMILES string of the molecule is COc1c(F)ncc(C(F)F)c1C#N. The Morgan fingerprint density at radius 2 is 2.21 bits per heavy atom. The van der Waals surface area contributed by atoms with Crippen molar-refractivity contribution in [2.45, 2.75) is 6.43 Å². The summed E-state index contributed by atoms with van der Waals surface area (Å²) in [4.78, 5) is 3.06. The maximum Gasteiger partial charge on any atom is 0.266 e. The summed E-state index contributed by atoms with van der Waals surface area (Å²) in [6.07, 6.45) is -2.26. The van der Waals surface area contributed by atoms with E-state index in [1.807, 2.05) is 0 Å². The van der Waals surface area contributed by atoms with Crippen molar-refractivity contribution in [1.29, 1.82) is 5.26 Å². The fourth-order valence-corrected chi connectivity index (χ4v) is 0.951. The third-order valence-electron chi connectivity index (χ3n) is 1.57. The summed E-state index contributed by atoms with van der Waals surface area (Å²) in [5.41, 5.74) is -1.15. The fourth-order valence-electron chi connectivity index (χ4n) is 0.951. The van der Waals surface area contributed by atoms with Crippen molar-refractivity contribution in [2.75, 3.05) is 7.11 Å². The van der Waals surface area contributed by atoms with Crippen LogP contribution in [0.25, 0.3) is 0 Å². The first-order valence-corrected chi connectivity index (χ1v) is 3.52. The molecule has 0 amide bonds. The molecule has 0 aliphatic heterocycles. The van der Waals surface area contributed by atoms with Gasteiger partial charge in [-0.2, -0.15) is 9.65 Å². The quantitative estimate of drug-likeness (QED) is 0.689. The molecule has 0 fully saturated rings. The third kappa shape index (κ3) is 1.62. The normalized spacial score (nSPS) is 10.0. The predicted octanol–water partition coefficient (Wildman–Crippen LogP) is 2.04. The summed E-state index contributed by atoms with van der Waals surface area (Å²) in [7, 11) is 1.08. The van der Waals surface area contributed by atoms with E-state index >= 15 is 0 Å². The summed E-state index contributed by atoms with van der Waals surface area (Å²) in [5, 5.41) is 8.55. The number of alkyl halides is 2. The van der Waals surface area contributed by atoms with Gasteiger partial charge in [0.25, 0.3) is 12.4 Å². The van der Waals surface area contributed by atoms with E-state index in [4.69, 9.17) is 5.26 Å². The zero-order valence-corrected chi connectivity index (χ0v) is 7.09. The number of methoxy groups -OCH3 is 1. The second-order valence-electron chi connectivity index (χ2n) is 2.33. The predicted molar refractivity (Wildman–Crippen MR) is 40.4 cm³/mol. The summed E-state index contributed by atoms with van der Waals surface area (Å²) in [5.74, 6) is -1.63. The van der Waals surface area contributed by atoms with Crippen LogP contribution in [0.3, 0.4) is 0 Å². The van der Waals surface area contributed by atoms with Crippen molar-refractivity contribution >= 4 is 0 Å². The molecule has 0 N–H and O–H groups in total. The minimum atomic E-state index is -2.88. The summed E-state index contributed by atoms with van der Waals surface area (Å²) in [6.45, 7) is 0. The Hall–Kier alpha value is -1.77. The second-order valence-corrected chi connectivity index (χ2v) is 2.33. The van der Waals surface area contributed by atoms with Crippen LogP contribution in [0, 0.1) is 17.3 Å². The summed E-state index contributed by atoms with van der Waals surface area (Å²) in [6, 6.07) is 1.45. The Bertz CT molecular complexity index is 387. The van der Waals surface area contributed by atoms with Crippen LogP contribution in [0.15, 0.2) is 6.20 Å². The first-order valence-electron chi connectivity index (χ1n) is 3.52. The molecule has 14 heavy (non-hydrogen) atoms. The van der Waals surface area contributed by atoms with Crippen molar-refractivity contribution in [3.8, 4) is 11.8 Å². The van der Waals surface area contributed by atoms with E-state index < -0.39 is 29.2 Å². The van der Waals surface area contributed by atoms with Crippen molar-refractivity contribution in [2.24, 2.45) is 0 Å². The number of nitrogens with zero attached hydrogens (tertiary/aromatic N) is 2. The molecule has 0 aliphatic carbocycles. The van der Waals surface area contributed by atoms with Gasteiger partial charge in [0, 0.05) is 6.20 Å². The van der Waals surface area contributed by atoms with Gasteiger partial charge in [0.1, 0.15) is 11.6 Å². The molecule has 0 unspecified atom stereocenters. The molecule has 1 aromatic heterocycles. The molecule has 0 aliphatic rings. The Labute approximate surface area is 77.7 Å². The largest absolute Gasteiger partial charge is 0.491 e. The molecule has 0 spiro atoms. The maximum atomic E-state index is 12.8. The first kappa shape index (κ1) is 10.3. The third-order valence-corrected chi connectivity index (χ3v) is 1.57. The van der Waals surface area contributed by atoms with Gasteiger partial charge in [0.05, 0.1) is 12.7 Å². The molecular weight excluding hydrogens is 197 g/mol. The van der Waals surface area contributed by atoms with E-state index in [-0.39, 0.29) is 0 Å². The molecule has 74 valence electrons. The number of halogens is 3. The number of hydrogen-bond acceptors (Lipinski definition) is 3. The second kappa shape index (κ2) is 3.96. The Morgan fingerprint density at radius 3 is 2.64 bits per heavy atom. The Kier molecular flexibility index (Phi) is 2.92. The molecule has 0 bridgehead atoms. The van der Waals surface area contributed by atoms with Crippen LogP contribution in [-0.4, -0.2) is 12.1 Å².